The van der Waals surface area contributed by atoms with Crippen molar-refractivity contribution in [1.82, 2.24) is 9.97 Å². The lowest BCUT2D eigenvalue weighted by Gasteiger charge is -2.03. The van der Waals surface area contributed by atoms with E-state index < -0.39 is 7.12 Å². The van der Waals surface area contributed by atoms with Crippen LogP contribution in [0.3, 0.4) is 0 Å². The average molecular weight is 196 g/mol. The summed E-state index contributed by atoms with van der Waals surface area (Å²) in [7, 11) is -1.53. The number of hydrogen-bond donors (Lipinski definition) is 2. The summed E-state index contributed by atoms with van der Waals surface area (Å²) in [6, 6.07) is 0.267. The quantitative estimate of drug-likeness (QED) is 0.482. The smallest absolute Gasteiger partial charge is 0.463 e. The van der Waals surface area contributed by atoms with Crippen molar-refractivity contribution in [2.75, 3.05) is 6.61 Å². The molecule has 1 heterocycles. The van der Waals surface area contributed by atoms with Crippen LogP contribution in [0.5, 0.6) is 6.01 Å². The van der Waals surface area contributed by atoms with Crippen LogP contribution in [-0.2, 0) is 0 Å². The van der Waals surface area contributed by atoms with E-state index in [1.807, 2.05) is 0 Å². The zero-order chi connectivity index (χ0) is 10.4. The SMILES string of the molecule is CCCCOc1ncc(B(O)O)cn1. The number of unbranched alkanes of at least 4 members (excludes halogenated alkanes) is 1. The molecule has 0 bridgehead atoms. The first-order valence-corrected chi connectivity index (χ1v) is 4.55. The third-order valence-corrected chi connectivity index (χ3v) is 1.68. The number of nitrogens with zero attached hydrogens (tertiary/aromatic N) is 2. The molecule has 0 aromatic carbocycles. The lowest BCUT2D eigenvalue weighted by molar-refractivity contribution is 0.285. The van der Waals surface area contributed by atoms with Gasteiger partial charge in [0, 0.05) is 17.9 Å². The molecular formula is C8H13BN2O3. The van der Waals surface area contributed by atoms with Gasteiger partial charge in [-0.2, -0.15) is 0 Å². The molecule has 0 spiro atoms. The van der Waals surface area contributed by atoms with Crippen molar-refractivity contribution in [2.45, 2.75) is 19.8 Å². The first kappa shape index (κ1) is 10.9. The number of hydrogen-bond acceptors (Lipinski definition) is 5. The molecule has 2 N–H and O–H groups in total. The van der Waals surface area contributed by atoms with E-state index >= 15 is 0 Å². The Bertz CT molecular complexity index is 266. The van der Waals surface area contributed by atoms with Crippen molar-refractivity contribution in [3.8, 4) is 6.01 Å². The molecule has 0 saturated carbocycles. The highest BCUT2D eigenvalue weighted by molar-refractivity contribution is 6.58. The number of aromatic nitrogens is 2. The topological polar surface area (TPSA) is 75.5 Å². The molecule has 14 heavy (non-hydrogen) atoms. The van der Waals surface area contributed by atoms with Crippen LogP contribution in [0.4, 0.5) is 0 Å². The van der Waals surface area contributed by atoms with Gasteiger partial charge >= 0.3 is 13.1 Å². The van der Waals surface area contributed by atoms with Gasteiger partial charge in [0.25, 0.3) is 0 Å². The molecule has 1 aromatic rings. The number of rotatable bonds is 5. The Balaban J connectivity index is 2.47. The second-order valence-corrected chi connectivity index (χ2v) is 2.87. The summed E-state index contributed by atoms with van der Waals surface area (Å²) in [5.74, 6) is 0. The van der Waals surface area contributed by atoms with E-state index in [-0.39, 0.29) is 11.5 Å². The summed E-state index contributed by atoms with van der Waals surface area (Å²) in [6.45, 7) is 2.65. The molecule has 0 unspecified atom stereocenters. The molecule has 0 radical (unpaired) electrons. The van der Waals surface area contributed by atoms with Crippen LogP contribution in [0, 0.1) is 0 Å². The van der Waals surface area contributed by atoms with E-state index in [1.165, 1.54) is 12.4 Å². The normalized spacial score (nSPS) is 9.93. The molecule has 0 saturated heterocycles. The van der Waals surface area contributed by atoms with E-state index in [2.05, 4.69) is 16.9 Å². The molecule has 1 rings (SSSR count). The van der Waals surface area contributed by atoms with Crippen LogP contribution in [0.15, 0.2) is 12.4 Å². The van der Waals surface area contributed by atoms with Crippen molar-refractivity contribution in [3.63, 3.8) is 0 Å². The van der Waals surface area contributed by atoms with Gasteiger partial charge in [-0.1, -0.05) is 13.3 Å². The largest absolute Gasteiger partial charge is 0.491 e. The second-order valence-electron chi connectivity index (χ2n) is 2.87. The summed E-state index contributed by atoms with van der Waals surface area (Å²) in [4.78, 5) is 7.64. The van der Waals surface area contributed by atoms with Gasteiger partial charge in [-0.15, -0.1) is 0 Å². The summed E-state index contributed by atoms with van der Waals surface area (Å²) >= 11 is 0. The van der Waals surface area contributed by atoms with Gasteiger partial charge < -0.3 is 14.8 Å². The molecule has 0 aliphatic rings. The van der Waals surface area contributed by atoms with Crippen molar-refractivity contribution < 1.29 is 14.8 Å². The fourth-order valence-corrected chi connectivity index (χ4v) is 0.842. The van der Waals surface area contributed by atoms with Gasteiger partial charge in [-0.3, -0.25) is 0 Å². The Hall–Kier alpha value is -1.14. The molecule has 0 aliphatic heterocycles. The second kappa shape index (κ2) is 5.56. The molecule has 0 fully saturated rings. The summed E-state index contributed by atoms with van der Waals surface area (Å²) < 4.78 is 5.20. The molecule has 0 atom stereocenters. The molecular weight excluding hydrogens is 183 g/mol. The molecule has 5 nitrogen and oxygen atoms in total. The standard InChI is InChI=1S/C8H13BN2O3/c1-2-3-4-14-8-10-5-7(6-11-8)9(12)13/h5-6,12-13H,2-4H2,1H3. The molecule has 0 aliphatic carbocycles. The maximum atomic E-state index is 8.76. The zero-order valence-electron chi connectivity index (χ0n) is 8.05. The highest BCUT2D eigenvalue weighted by atomic mass is 16.5. The molecule has 0 amide bonds. The third kappa shape index (κ3) is 3.31. The maximum absolute atomic E-state index is 8.76. The Morgan fingerprint density at radius 3 is 2.50 bits per heavy atom. The minimum Gasteiger partial charge on any atom is -0.463 e. The fraction of sp³-hybridized carbons (Fsp3) is 0.500. The van der Waals surface area contributed by atoms with Crippen LogP contribution in [-0.4, -0.2) is 33.7 Å². The fourth-order valence-electron chi connectivity index (χ4n) is 0.842. The number of ether oxygens (including phenoxy) is 1. The Morgan fingerprint density at radius 2 is 2.00 bits per heavy atom. The van der Waals surface area contributed by atoms with Crippen LogP contribution < -0.4 is 10.2 Å². The minimum atomic E-state index is -1.53. The van der Waals surface area contributed by atoms with Crippen LogP contribution in [0.25, 0.3) is 0 Å². The third-order valence-electron chi connectivity index (χ3n) is 1.68. The van der Waals surface area contributed by atoms with E-state index in [4.69, 9.17) is 14.8 Å². The minimum absolute atomic E-state index is 0.257. The highest BCUT2D eigenvalue weighted by Gasteiger charge is 2.11. The van der Waals surface area contributed by atoms with Crippen molar-refractivity contribution in [2.24, 2.45) is 0 Å². The molecule has 6 heteroatoms. The van der Waals surface area contributed by atoms with Gasteiger partial charge in [0.05, 0.1) is 6.61 Å². The van der Waals surface area contributed by atoms with Crippen molar-refractivity contribution in [3.05, 3.63) is 12.4 Å². The summed E-state index contributed by atoms with van der Waals surface area (Å²) in [5.41, 5.74) is 0.257. The monoisotopic (exact) mass is 196 g/mol. The van der Waals surface area contributed by atoms with Crippen molar-refractivity contribution in [1.29, 1.82) is 0 Å². The lowest BCUT2D eigenvalue weighted by Crippen LogP contribution is -2.30. The Kier molecular flexibility index (Phi) is 4.35. The van der Waals surface area contributed by atoms with E-state index in [0.29, 0.717) is 6.61 Å². The van der Waals surface area contributed by atoms with Gasteiger partial charge in [0.1, 0.15) is 0 Å². The maximum Gasteiger partial charge on any atom is 0.491 e. The predicted octanol–water partition coefficient (Wildman–Crippen LogP) is -0.665. The molecule has 1 aromatic heterocycles. The van der Waals surface area contributed by atoms with Crippen LogP contribution in [0.2, 0.25) is 0 Å². The Labute approximate surface area is 82.9 Å². The summed E-state index contributed by atoms with van der Waals surface area (Å²) in [6.07, 6.45) is 4.67. The van der Waals surface area contributed by atoms with Gasteiger partial charge in [0.15, 0.2) is 0 Å². The van der Waals surface area contributed by atoms with Gasteiger partial charge in [0.2, 0.25) is 0 Å². The van der Waals surface area contributed by atoms with Crippen LogP contribution in [0.1, 0.15) is 19.8 Å². The Morgan fingerprint density at radius 1 is 1.36 bits per heavy atom. The van der Waals surface area contributed by atoms with Crippen LogP contribution >= 0.6 is 0 Å². The van der Waals surface area contributed by atoms with Gasteiger partial charge in [-0.05, 0) is 6.42 Å². The average Bonchev–Trinajstić information content (AvgIpc) is 2.19. The predicted molar refractivity (Wildman–Crippen MR) is 52.3 cm³/mol. The van der Waals surface area contributed by atoms with Crippen molar-refractivity contribution >= 4 is 12.6 Å². The van der Waals surface area contributed by atoms with Gasteiger partial charge in [-0.25, -0.2) is 9.97 Å². The first-order chi connectivity index (χ1) is 6.74. The summed E-state index contributed by atoms with van der Waals surface area (Å²) in [5, 5.41) is 17.5. The first-order valence-electron chi connectivity index (χ1n) is 4.55. The highest BCUT2D eigenvalue weighted by Crippen LogP contribution is 1.98. The van der Waals surface area contributed by atoms with E-state index in [1.54, 1.807) is 0 Å². The van der Waals surface area contributed by atoms with E-state index in [0.717, 1.165) is 12.8 Å². The zero-order valence-corrected chi connectivity index (χ0v) is 8.05. The van der Waals surface area contributed by atoms with E-state index in [9.17, 15) is 0 Å². The lowest BCUT2D eigenvalue weighted by atomic mass is 9.83. The molecule has 76 valence electrons.